The normalized spacial score (nSPS) is 11.2. The largest absolute Gasteiger partial charge is 0.398 e. The molecule has 1 aromatic heterocycles. The van der Waals surface area contributed by atoms with E-state index in [1.54, 1.807) is 0 Å². The molecule has 6 heteroatoms. The molecule has 0 saturated heterocycles. The average molecular weight is 324 g/mol. The van der Waals surface area contributed by atoms with Gasteiger partial charge in [0, 0.05) is 17.8 Å². The first-order valence-electron chi connectivity index (χ1n) is 6.47. The van der Waals surface area contributed by atoms with Crippen molar-refractivity contribution in [3.8, 4) is 11.4 Å². The van der Waals surface area contributed by atoms with Gasteiger partial charge in [-0.25, -0.2) is 4.68 Å². The van der Waals surface area contributed by atoms with Crippen LogP contribution in [-0.2, 0) is 6.54 Å². The number of anilines is 1. The molecule has 1 heterocycles. The van der Waals surface area contributed by atoms with Gasteiger partial charge in [-0.3, -0.25) is 0 Å². The van der Waals surface area contributed by atoms with Gasteiger partial charge >= 0.3 is 0 Å². The molecule has 2 rings (SSSR count). The van der Waals surface area contributed by atoms with Crippen molar-refractivity contribution in [1.82, 2.24) is 20.2 Å². The van der Waals surface area contributed by atoms with Gasteiger partial charge in [-0.15, -0.1) is 5.10 Å². The summed E-state index contributed by atoms with van der Waals surface area (Å²) in [5, 5.41) is 12.0. The van der Waals surface area contributed by atoms with Crippen molar-refractivity contribution < 1.29 is 0 Å². The van der Waals surface area contributed by atoms with Gasteiger partial charge in [-0.1, -0.05) is 32.8 Å². The summed E-state index contributed by atoms with van der Waals surface area (Å²) >= 11 is 3.50. The van der Waals surface area contributed by atoms with E-state index in [-0.39, 0.29) is 0 Å². The predicted molar refractivity (Wildman–Crippen MR) is 79.4 cm³/mol. The predicted octanol–water partition coefficient (Wildman–Crippen LogP) is 3.12. The van der Waals surface area contributed by atoms with E-state index in [0.29, 0.717) is 11.6 Å². The van der Waals surface area contributed by atoms with Gasteiger partial charge in [0.15, 0.2) is 5.82 Å². The molecule has 0 aliphatic carbocycles. The van der Waals surface area contributed by atoms with Crippen LogP contribution in [0.4, 0.5) is 5.69 Å². The van der Waals surface area contributed by atoms with Crippen LogP contribution in [0.15, 0.2) is 22.7 Å². The second kappa shape index (κ2) is 6.14. The summed E-state index contributed by atoms with van der Waals surface area (Å²) in [5.74, 6) is 1.34. The number of hydrogen-bond acceptors (Lipinski definition) is 4. The molecule has 0 saturated carbocycles. The Bertz CT molecular complexity index is 548. The van der Waals surface area contributed by atoms with Gasteiger partial charge in [0.25, 0.3) is 0 Å². The van der Waals surface area contributed by atoms with Gasteiger partial charge in [0.1, 0.15) is 0 Å². The van der Waals surface area contributed by atoms with Crippen LogP contribution in [-0.4, -0.2) is 20.2 Å². The lowest BCUT2D eigenvalue weighted by Crippen LogP contribution is -2.12. The molecule has 19 heavy (non-hydrogen) atoms. The Balaban J connectivity index is 2.36. The van der Waals surface area contributed by atoms with E-state index < -0.39 is 0 Å². The van der Waals surface area contributed by atoms with Crippen LogP contribution in [0.1, 0.15) is 26.7 Å². The summed E-state index contributed by atoms with van der Waals surface area (Å²) in [6, 6.07) is 5.73. The van der Waals surface area contributed by atoms with Crippen molar-refractivity contribution in [1.29, 1.82) is 0 Å². The van der Waals surface area contributed by atoms with Crippen molar-refractivity contribution in [3.63, 3.8) is 0 Å². The van der Waals surface area contributed by atoms with Crippen LogP contribution in [0.25, 0.3) is 11.4 Å². The lowest BCUT2D eigenvalue weighted by molar-refractivity contribution is 0.392. The Kier molecular flexibility index (Phi) is 4.52. The minimum Gasteiger partial charge on any atom is -0.398 e. The van der Waals surface area contributed by atoms with Gasteiger partial charge < -0.3 is 5.73 Å². The summed E-state index contributed by atoms with van der Waals surface area (Å²) in [4.78, 5) is 0. The number of aromatic nitrogens is 4. The second-order valence-electron chi connectivity index (χ2n) is 4.58. The number of nitrogens with two attached hydrogens (primary N) is 1. The molecule has 0 aliphatic rings. The molecular formula is C13H18BrN5. The van der Waals surface area contributed by atoms with E-state index >= 15 is 0 Å². The summed E-state index contributed by atoms with van der Waals surface area (Å²) in [5.41, 5.74) is 7.52. The Morgan fingerprint density at radius 2 is 2.05 bits per heavy atom. The number of nitrogen functional groups attached to an aromatic ring is 1. The molecule has 1 aromatic carbocycles. The highest BCUT2D eigenvalue weighted by Gasteiger charge is 2.15. The van der Waals surface area contributed by atoms with Crippen LogP contribution in [0, 0.1) is 5.92 Å². The zero-order valence-electron chi connectivity index (χ0n) is 11.2. The molecule has 0 fully saturated rings. The minimum absolute atomic E-state index is 0.585. The molecule has 102 valence electrons. The zero-order valence-corrected chi connectivity index (χ0v) is 12.8. The van der Waals surface area contributed by atoms with Crippen LogP contribution in [0.2, 0.25) is 0 Å². The van der Waals surface area contributed by atoms with Crippen LogP contribution >= 0.6 is 15.9 Å². The maximum Gasteiger partial charge on any atom is 0.183 e. The third-order valence-electron chi connectivity index (χ3n) is 3.39. The lowest BCUT2D eigenvalue weighted by atomic mass is 10.0. The van der Waals surface area contributed by atoms with E-state index in [4.69, 9.17) is 5.73 Å². The third kappa shape index (κ3) is 2.94. The Labute approximate surface area is 121 Å². The van der Waals surface area contributed by atoms with Gasteiger partial charge in [-0.05, 0) is 44.4 Å². The van der Waals surface area contributed by atoms with Crippen LogP contribution in [0.5, 0.6) is 0 Å². The molecule has 0 radical (unpaired) electrons. The number of benzene rings is 1. The smallest absolute Gasteiger partial charge is 0.183 e. The Morgan fingerprint density at radius 1 is 1.32 bits per heavy atom. The first kappa shape index (κ1) is 14.0. The molecule has 0 spiro atoms. The van der Waals surface area contributed by atoms with Gasteiger partial charge in [0.05, 0.1) is 4.47 Å². The molecule has 2 N–H and O–H groups in total. The molecule has 0 bridgehead atoms. The van der Waals surface area contributed by atoms with E-state index in [9.17, 15) is 0 Å². The molecule has 0 aliphatic heterocycles. The fourth-order valence-electron chi connectivity index (χ4n) is 2.03. The van der Waals surface area contributed by atoms with E-state index in [2.05, 4.69) is 45.3 Å². The molecule has 0 amide bonds. The maximum atomic E-state index is 5.91. The zero-order chi connectivity index (χ0) is 13.8. The van der Waals surface area contributed by atoms with Crippen molar-refractivity contribution in [2.24, 2.45) is 5.92 Å². The quantitative estimate of drug-likeness (QED) is 0.858. The molecule has 0 atom stereocenters. The monoisotopic (exact) mass is 323 g/mol. The third-order valence-corrected chi connectivity index (χ3v) is 4.27. The highest BCUT2D eigenvalue weighted by molar-refractivity contribution is 9.10. The number of nitrogens with zero attached hydrogens (tertiary/aromatic N) is 4. The van der Waals surface area contributed by atoms with E-state index in [1.807, 2.05) is 22.9 Å². The maximum absolute atomic E-state index is 5.91. The van der Waals surface area contributed by atoms with Crippen molar-refractivity contribution in [2.45, 2.75) is 33.2 Å². The summed E-state index contributed by atoms with van der Waals surface area (Å²) in [7, 11) is 0. The highest BCUT2D eigenvalue weighted by Crippen LogP contribution is 2.31. The number of tetrazole rings is 1. The molecule has 5 nitrogen and oxygen atoms in total. The number of hydrogen-bond donors (Lipinski definition) is 1. The first-order chi connectivity index (χ1) is 9.17. The van der Waals surface area contributed by atoms with Gasteiger partial charge in [-0.2, -0.15) is 0 Å². The SMILES string of the molecule is CCC(CC)Cn1nnnc1-c1cccc(N)c1Br. The van der Waals surface area contributed by atoms with Crippen molar-refractivity contribution in [2.75, 3.05) is 5.73 Å². The van der Waals surface area contributed by atoms with Crippen molar-refractivity contribution in [3.05, 3.63) is 22.7 Å². The Morgan fingerprint density at radius 3 is 2.74 bits per heavy atom. The summed E-state index contributed by atoms with van der Waals surface area (Å²) < 4.78 is 2.70. The molecule has 0 unspecified atom stereocenters. The summed E-state index contributed by atoms with van der Waals surface area (Å²) in [6.45, 7) is 5.21. The molecule has 2 aromatic rings. The Hall–Kier alpha value is -1.43. The van der Waals surface area contributed by atoms with E-state index in [1.165, 1.54) is 0 Å². The average Bonchev–Trinajstić information content (AvgIpc) is 2.87. The first-order valence-corrected chi connectivity index (χ1v) is 7.27. The lowest BCUT2D eigenvalue weighted by Gasteiger charge is -2.13. The fourth-order valence-corrected chi connectivity index (χ4v) is 2.48. The van der Waals surface area contributed by atoms with E-state index in [0.717, 1.165) is 35.2 Å². The van der Waals surface area contributed by atoms with Gasteiger partial charge in [0.2, 0.25) is 0 Å². The number of rotatable bonds is 5. The van der Waals surface area contributed by atoms with Crippen LogP contribution in [0.3, 0.4) is 0 Å². The fraction of sp³-hybridized carbons (Fsp3) is 0.462. The number of halogens is 1. The second-order valence-corrected chi connectivity index (χ2v) is 5.37. The minimum atomic E-state index is 0.585. The van der Waals surface area contributed by atoms with Crippen molar-refractivity contribution >= 4 is 21.6 Å². The highest BCUT2D eigenvalue weighted by atomic mass is 79.9. The molecular weight excluding hydrogens is 306 g/mol. The standard InChI is InChI=1S/C13H18BrN5/c1-3-9(4-2)8-19-13(16-17-18-19)10-6-5-7-11(15)12(10)14/h5-7,9H,3-4,8,15H2,1-2H3. The van der Waals surface area contributed by atoms with Crippen LogP contribution < -0.4 is 5.73 Å². The topological polar surface area (TPSA) is 69.6 Å². The summed E-state index contributed by atoms with van der Waals surface area (Å²) in [6.07, 6.45) is 2.24.